The van der Waals surface area contributed by atoms with Gasteiger partial charge in [0.25, 0.3) is 0 Å². The molecule has 2 atom stereocenters. The van der Waals surface area contributed by atoms with E-state index < -0.39 is 0 Å². The topological polar surface area (TPSA) is 66.5 Å². The summed E-state index contributed by atoms with van der Waals surface area (Å²) in [7, 11) is 0. The number of pyridine rings is 1. The van der Waals surface area contributed by atoms with E-state index >= 15 is 0 Å². The molecule has 2 aliphatic heterocycles. The Morgan fingerprint density at radius 3 is 2.65 bits per heavy atom. The summed E-state index contributed by atoms with van der Waals surface area (Å²) in [6.07, 6.45) is 6.32. The lowest BCUT2D eigenvalue weighted by Gasteiger charge is -2.36. The number of ether oxygens (including phenoxy) is 1. The van der Waals surface area contributed by atoms with Crippen LogP contribution < -0.4 is 15.5 Å². The lowest BCUT2D eigenvalue weighted by molar-refractivity contribution is -0.121. The number of hydrogen-bond acceptors (Lipinski definition) is 5. The molecule has 0 aromatic carbocycles. The fraction of sp³-hybridized carbons (Fsp3) is 0.700. The molecule has 2 unspecified atom stereocenters. The SMILES string of the molecule is CC1CN(c2ccc(CNC(=O)CCC3CCNCC3)cn2)CC(C)O1. The van der Waals surface area contributed by atoms with Crippen LogP contribution in [0.25, 0.3) is 0 Å². The highest BCUT2D eigenvalue weighted by atomic mass is 16.5. The van der Waals surface area contributed by atoms with Crippen molar-refractivity contribution in [2.45, 2.75) is 58.3 Å². The van der Waals surface area contributed by atoms with E-state index in [0.717, 1.165) is 44.0 Å². The van der Waals surface area contributed by atoms with Gasteiger partial charge in [0.05, 0.1) is 12.2 Å². The predicted molar refractivity (Wildman–Crippen MR) is 103 cm³/mol. The van der Waals surface area contributed by atoms with Crippen molar-refractivity contribution in [3.8, 4) is 0 Å². The van der Waals surface area contributed by atoms with Crippen LogP contribution in [0.2, 0.25) is 0 Å². The van der Waals surface area contributed by atoms with Crippen molar-refractivity contribution in [1.82, 2.24) is 15.6 Å². The molecule has 0 saturated carbocycles. The number of piperidine rings is 1. The van der Waals surface area contributed by atoms with E-state index in [1.54, 1.807) is 0 Å². The number of hydrogen-bond donors (Lipinski definition) is 2. The summed E-state index contributed by atoms with van der Waals surface area (Å²) in [6.45, 7) is 8.64. The molecule has 0 spiro atoms. The van der Waals surface area contributed by atoms with Gasteiger partial charge in [-0.3, -0.25) is 4.79 Å². The van der Waals surface area contributed by atoms with E-state index in [2.05, 4.69) is 40.4 Å². The second-order valence-corrected chi connectivity index (χ2v) is 7.70. The lowest BCUT2D eigenvalue weighted by atomic mass is 9.93. The smallest absolute Gasteiger partial charge is 0.220 e. The maximum atomic E-state index is 12.1. The molecule has 2 N–H and O–H groups in total. The molecule has 3 heterocycles. The maximum absolute atomic E-state index is 12.1. The van der Waals surface area contributed by atoms with Gasteiger partial charge in [-0.25, -0.2) is 4.98 Å². The van der Waals surface area contributed by atoms with Gasteiger partial charge in [-0.05, 0) is 63.7 Å². The van der Waals surface area contributed by atoms with Gasteiger partial charge < -0.3 is 20.3 Å². The van der Waals surface area contributed by atoms with Gasteiger partial charge in [-0.15, -0.1) is 0 Å². The van der Waals surface area contributed by atoms with Gasteiger partial charge in [0.1, 0.15) is 5.82 Å². The third-order valence-corrected chi connectivity index (χ3v) is 5.28. The lowest BCUT2D eigenvalue weighted by Crippen LogP contribution is -2.45. The van der Waals surface area contributed by atoms with Gasteiger partial charge in [0.2, 0.25) is 5.91 Å². The van der Waals surface area contributed by atoms with Crippen LogP contribution in [0.1, 0.15) is 45.1 Å². The fourth-order valence-corrected chi connectivity index (χ4v) is 3.87. The van der Waals surface area contributed by atoms with Crippen LogP contribution in [0.5, 0.6) is 0 Å². The van der Waals surface area contributed by atoms with E-state index in [-0.39, 0.29) is 18.1 Å². The van der Waals surface area contributed by atoms with Crippen molar-refractivity contribution in [3.63, 3.8) is 0 Å². The zero-order valence-electron chi connectivity index (χ0n) is 16.0. The van der Waals surface area contributed by atoms with E-state index in [0.29, 0.717) is 18.9 Å². The van der Waals surface area contributed by atoms with Crippen LogP contribution in [0.3, 0.4) is 0 Å². The molecule has 2 fully saturated rings. The van der Waals surface area contributed by atoms with Crippen molar-refractivity contribution in [1.29, 1.82) is 0 Å². The Labute approximate surface area is 156 Å². The molecule has 1 aromatic heterocycles. The molecule has 0 radical (unpaired) electrons. The second kappa shape index (κ2) is 9.33. The summed E-state index contributed by atoms with van der Waals surface area (Å²) in [5.74, 6) is 1.82. The molecule has 0 bridgehead atoms. The third kappa shape index (κ3) is 5.68. The van der Waals surface area contributed by atoms with E-state index in [1.807, 2.05) is 12.3 Å². The van der Waals surface area contributed by atoms with Crippen molar-refractivity contribution < 1.29 is 9.53 Å². The summed E-state index contributed by atoms with van der Waals surface area (Å²) in [4.78, 5) is 18.9. The first-order valence-corrected chi connectivity index (χ1v) is 9.93. The van der Waals surface area contributed by atoms with Crippen molar-refractivity contribution >= 4 is 11.7 Å². The van der Waals surface area contributed by atoms with Gasteiger partial charge in [0, 0.05) is 32.3 Å². The minimum absolute atomic E-state index is 0.142. The van der Waals surface area contributed by atoms with Crippen molar-refractivity contribution in [2.24, 2.45) is 5.92 Å². The molecule has 2 aliphatic rings. The van der Waals surface area contributed by atoms with Crippen LogP contribution in [-0.4, -0.2) is 49.3 Å². The van der Waals surface area contributed by atoms with Gasteiger partial charge in [-0.2, -0.15) is 0 Å². The first-order valence-electron chi connectivity index (χ1n) is 9.93. The summed E-state index contributed by atoms with van der Waals surface area (Å²) in [5.41, 5.74) is 1.04. The second-order valence-electron chi connectivity index (χ2n) is 7.70. The first-order chi connectivity index (χ1) is 12.6. The quantitative estimate of drug-likeness (QED) is 0.813. The summed E-state index contributed by atoms with van der Waals surface area (Å²) in [5, 5.41) is 6.39. The molecule has 1 amide bonds. The molecular weight excluding hydrogens is 328 g/mol. The molecule has 144 valence electrons. The molecule has 2 saturated heterocycles. The molecular formula is C20H32N4O2. The number of amides is 1. The van der Waals surface area contributed by atoms with Crippen LogP contribution in [0.4, 0.5) is 5.82 Å². The van der Waals surface area contributed by atoms with Gasteiger partial charge in [-0.1, -0.05) is 6.07 Å². The number of nitrogens with zero attached hydrogens (tertiary/aromatic N) is 2. The number of aromatic nitrogens is 1. The number of rotatable bonds is 6. The molecule has 3 rings (SSSR count). The van der Waals surface area contributed by atoms with Crippen molar-refractivity contribution in [2.75, 3.05) is 31.1 Å². The minimum Gasteiger partial charge on any atom is -0.372 e. The number of carbonyl (C=O) groups excluding carboxylic acids is 1. The van der Waals surface area contributed by atoms with Crippen LogP contribution in [0.15, 0.2) is 18.3 Å². The Bertz CT molecular complexity index is 562. The zero-order chi connectivity index (χ0) is 18.4. The average molecular weight is 361 g/mol. The predicted octanol–water partition coefficient (Wildman–Crippen LogP) is 2.09. The fourth-order valence-electron chi connectivity index (χ4n) is 3.87. The van der Waals surface area contributed by atoms with Gasteiger partial charge >= 0.3 is 0 Å². The Balaban J connectivity index is 1.41. The average Bonchev–Trinajstić information content (AvgIpc) is 2.65. The Morgan fingerprint density at radius 2 is 2.00 bits per heavy atom. The third-order valence-electron chi connectivity index (χ3n) is 5.28. The number of nitrogens with one attached hydrogen (secondary N) is 2. The Kier molecular flexibility index (Phi) is 6.86. The van der Waals surface area contributed by atoms with Crippen LogP contribution >= 0.6 is 0 Å². The number of morpholine rings is 1. The van der Waals surface area contributed by atoms with Crippen LogP contribution in [-0.2, 0) is 16.1 Å². The highest BCUT2D eigenvalue weighted by Crippen LogP contribution is 2.19. The molecule has 6 nitrogen and oxygen atoms in total. The Morgan fingerprint density at radius 1 is 1.27 bits per heavy atom. The largest absolute Gasteiger partial charge is 0.372 e. The van der Waals surface area contributed by atoms with Crippen LogP contribution in [0, 0.1) is 5.92 Å². The van der Waals surface area contributed by atoms with Crippen molar-refractivity contribution in [3.05, 3.63) is 23.9 Å². The van der Waals surface area contributed by atoms with E-state index in [1.165, 1.54) is 12.8 Å². The number of carbonyl (C=O) groups is 1. The normalized spacial score (nSPS) is 24.5. The summed E-state index contributed by atoms with van der Waals surface area (Å²) < 4.78 is 5.77. The highest BCUT2D eigenvalue weighted by molar-refractivity contribution is 5.75. The Hall–Kier alpha value is -1.66. The highest BCUT2D eigenvalue weighted by Gasteiger charge is 2.23. The van der Waals surface area contributed by atoms with E-state index in [9.17, 15) is 4.79 Å². The zero-order valence-corrected chi connectivity index (χ0v) is 16.0. The molecule has 0 aliphatic carbocycles. The standard InChI is InChI=1S/C20H32N4O2/c1-15-13-24(14-16(2)26-15)19-5-3-18(11-22-19)12-23-20(25)6-4-17-7-9-21-10-8-17/h3,5,11,15-17,21H,4,6-10,12-14H2,1-2H3,(H,23,25). The number of anilines is 1. The van der Waals surface area contributed by atoms with E-state index in [4.69, 9.17) is 4.74 Å². The summed E-state index contributed by atoms with van der Waals surface area (Å²) >= 11 is 0. The maximum Gasteiger partial charge on any atom is 0.220 e. The van der Waals surface area contributed by atoms with Gasteiger partial charge in [0.15, 0.2) is 0 Å². The first kappa shape index (κ1) is 19.1. The molecule has 6 heteroatoms. The molecule has 26 heavy (non-hydrogen) atoms. The summed E-state index contributed by atoms with van der Waals surface area (Å²) in [6, 6.07) is 4.10. The monoisotopic (exact) mass is 360 g/mol. The molecule has 1 aromatic rings. The minimum atomic E-state index is 0.142.